The van der Waals surface area contributed by atoms with E-state index in [-0.39, 0.29) is 18.3 Å². The van der Waals surface area contributed by atoms with Gasteiger partial charge < -0.3 is 11.1 Å². The second-order valence-corrected chi connectivity index (χ2v) is 4.26. The van der Waals surface area contributed by atoms with E-state index >= 15 is 0 Å². The first-order chi connectivity index (χ1) is 9.20. The molecule has 0 bridgehead atoms. The average Bonchev–Trinajstić information content (AvgIpc) is 2.94. The summed E-state index contributed by atoms with van der Waals surface area (Å²) in [6, 6.07) is 3.12. The minimum Gasteiger partial charge on any atom is -0.323 e. The lowest BCUT2D eigenvalue weighted by Gasteiger charge is -2.11. The third-order valence-corrected chi connectivity index (χ3v) is 2.72. The lowest BCUT2D eigenvalue weighted by Crippen LogP contribution is -2.35. The van der Waals surface area contributed by atoms with Gasteiger partial charge in [-0.1, -0.05) is 13.3 Å². The number of nitrogens with one attached hydrogen (secondary N) is 1. The van der Waals surface area contributed by atoms with E-state index in [1.807, 2.05) is 13.0 Å². The quantitative estimate of drug-likeness (QED) is 0.880. The highest BCUT2D eigenvalue weighted by Gasteiger charge is 2.12. The Morgan fingerprint density at radius 3 is 2.85 bits per heavy atom. The number of amides is 1. The normalized spacial score (nSPS) is 11.5. The Kier molecular flexibility index (Phi) is 6.14. The molecule has 1 unspecified atom stereocenters. The van der Waals surface area contributed by atoms with Gasteiger partial charge in [0.25, 0.3) is 0 Å². The first kappa shape index (κ1) is 16.1. The molecule has 0 aliphatic heterocycles. The fourth-order valence-corrected chi connectivity index (χ4v) is 1.68. The van der Waals surface area contributed by atoms with Gasteiger partial charge in [-0.3, -0.25) is 9.36 Å². The van der Waals surface area contributed by atoms with Gasteiger partial charge in [0.15, 0.2) is 0 Å². The Morgan fingerprint density at radius 2 is 2.30 bits per heavy atom. The van der Waals surface area contributed by atoms with Crippen LogP contribution in [0.1, 0.15) is 19.8 Å². The van der Waals surface area contributed by atoms with Crippen molar-refractivity contribution in [3.63, 3.8) is 0 Å². The maximum absolute atomic E-state index is 11.7. The smallest absolute Gasteiger partial charge is 0.241 e. The number of halogens is 1. The van der Waals surface area contributed by atoms with Crippen molar-refractivity contribution in [2.45, 2.75) is 25.8 Å². The van der Waals surface area contributed by atoms with Crippen molar-refractivity contribution in [3.8, 4) is 5.82 Å². The number of nitrogens with two attached hydrogens (primary N) is 1. The number of hydrogen-bond donors (Lipinski definition) is 2. The van der Waals surface area contributed by atoms with Crippen LogP contribution in [0.25, 0.3) is 5.82 Å². The molecule has 0 radical (unpaired) electrons. The number of hydrogen-bond acceptors (Lipinski definition) is 4. The molecule has 108 valence electrons. The molecule has 0 aromatic carbocycles. The van der Waals surface area contributed by atoms with Crippen LogP contribution in [0.3, 0.4) is 0 Å². The minimum atomic E-state index is -0.474. The standard InChI is InChI=1S/C13H17N5O.ClH/c1-2-3-11(14)13(19)17-10-4-5-12(16-8-10)18-7-6-15-9-18;/h4-9,11H,2-3,14H2,1H3,(H,17,19);1H. The van der Waals surface area contributed by atoms with E-state index in [0.717, 1.165) is 12.2 Å². The van der Waals surface area contributed by atoms with Crippen molar-refractivity contribution >= 4 is 24.0 Å². The zero-order valence-corrected chi connectivity index (χ0v) is 12.0. The first-order valence-electron chi connectivity index (χ1n) is 6.21. The molecule has 20 heavy (non-hydrogen) atoms. The molecular weight excluding hydrogens is 278 g/mol. The summed E-state index contributed by atoms with van der Waals surface area (Å²) in [6.07, 6.45) is 8.31. The number of rotatable bonds is 5. The van der Waals surface area contributed by atoms with Gasteiger partial charge in [0.1, 0.15) is 12.1 Å². The third-order valence-electron chi connectivity index (χ3n) is 2.72. The van der Waals surface area contributed by atoms with Crippen molar-refractivity contribution in [1.29, 1.82) is 0 Å². The van der Waals surface area contributed by atoms with Crippen molar-refractivity contribution in [2.24, 2.45) is 5.73 Å². The monoisotopic (exact) mass is 295 g/mol. The Balaban J connectivity index is 0.00000200. The highest BCUT2D eigenvalue weighted by Crippen LogP contribution is 2.10. The number of nitrogens with zero attached hydrogens (tertiary/aromatic N) is 3. The molecule has 2 rings (SSSR count). The summed E-state index contributed by atoms with van der Waals surface area (Å²) in [5, 5.41) is 2.75. The van der Waals surface area contributed by atoms with Gasteiger partial charge in [-0.2, -0.15) is 0 Å². The number of anilines is 1. The molecular formula is C13H18ClN5O. The van der Waals surface area contributed by atoms with Crippen molar-refractivity contribution in [2.75, 3.05) is 5.32 Å². The summed E-state index contributed by atoms with van der Waals surface area (Å²) in [5.74, 6) is 0.562. The number of imidazole rings is 1. The largest absolute Gasteiger partial charge is 0.323 e. The number of carbonyl (C=O) groups excluding carboxylic acids is 1. The van der Waals surface area contributed by atoms with E-state index < -0.39 is 6.04 Å². The molecule has 1 amide bonds. The maximum Gasteiger partial charge on any atom is 0.241 e. The summed E-state index contributed by atoms with van der Waals surface area (Å²) >= 11 is 0. The van der Waals surface area contributed by atoms with Gasteiger partial charge >= 0.3 is 0 Å². The van der Waals surface area contributed by atoms with Crippen molar-refractivity contribution < 1.29 is 4.79 Å². The van der Waals surface area contributed by atoms with Crippen LogP contribution in [0.4, 0.5) is 5.69 Å². The van der Waals surface area contributed by atoms with E-state index in [1.165, 1.54) is 0 Å². The molecule has 2 aromatic heterocycles. The minimum absolute atomic E-state index is 0. The van der Waals surface area contributed by atoms with Gasteiger partial charge in [0.2, 0.25) is 5.91 Å². The Bertz CT molecular complexity index is 526. The lowest BCUT2D eigenvalue weighted by molar-refractivity contribution is -0.117. The van der Waals surface area contributed by atoms with Crippen LogP contribution >= 0.6 is 12.4 Å². The molecule has 0 aliphatic carbocycles. The summed E-state index contributed by atoms with van der Waals surface area (Å²) in [4.78, 5) is 19.9. The summed E-state index contributed by atoms with van der Waals surface area (Å²) in [7, 11) is 0. The van der Waals surface area contributed by atoms with E-state index in [2.05, 4.69) is 15.3 Å². The van der Waals surface area contributed by atoms with Crippen LogP contribution in [0, 0.1) is 0 Å². The zero-order valence-electron chi connectivity index (χ0n) is 11.2. The Morgan fingerprint density at radius 1 is 1.50 bits per heavy atom. The van der Waals surface area contributed by atoms with Crippen LogP contribution < -0.4 is 11.1 Å². The van der Waals surface area contributed by atoms with Gasteiger partial charge in [-0.25, -0.2) is 9.97 Å². The Labute approximate surface area is 123 Å². The van der Waals surface area contributed by atoms with Crippen molar-refractivity contribution in [1.82, 2.24) is 14.5 Å². The second-order valence-electron chi connectivity index (χ2n) is 4.26. The van der Waals surface area contributed by atoms with Crippen LogP contribution in [-0.4, -0.2) is 26.5 Å². The lowest BCUT2D eigenvalue weighted by atomic mass is 10.1. The van der Waals surface area contributed by atoms with Gasteiger partial charge in [-0.05, 0) is 18.6 Å². The molecule has 0 fully saturated rings. The van der Waals surface area contributed by atoms with E-state index in [4.69, 9.17) is 5.73 Å². The first-order valence-corrected chi connectivity index (χ1v) is 6.21. The molecule has 3 N–H and O–H groups in total. The SMILES string of the molecule is CCCC(N)C(=O)Nc1ccc(-n2ccnc2)nc1.Cl. The zero-order chi connectivity index (χ0) is 13.7. The van der Waals surface area contributed by atoms with Crippen LogP contribution in [-0.2, 0) is 4.79 Å². The van der Waals surface area contributed by atoms with Gasteiger partial charge in [0, 0.05) is 12.4 Å². The fourth-order valence-electron chi connectivity index (χ4n) is 1.68. The van der Waals surface area contributed by atoms with E-state index in [1.54, 1.807) is 35.6 Å². The molecule has 1 atom stereocenters. The predicted octanol–water partition coefficient (Wildman–Crippen LogP) is 1.75. The molecule has 0 saturated carbocycles. The molecule has 7 heteroatoms. The predicted molar refractivity (Wildman–Crippen MR) is 80.1 cm³/mol. The van der Waals surface area contributed by atoms with Crippen molar-refractivity contribution in [3.05, 3.63) is 37.1 Å². The molecule has 0 aliphatic rings. The van der Waals surface area contributed by atoms with Crippen LogP contribution in [0.2, 0.25) is 0 Å². The van der Waals surface area contributed by atoms with Gasteiger partial charge in [0.05, 0.1) is 17.9 Å². The number of aromatic nitrogens is 3. The molecule has 0 spiro atoms. The van der Waals surface area contributed by atoms with E-state index in [9.17, 15) is 4.79 Å². The summed E-state index contributed by atoms with van der Waals surface area (Å²) in [5.41, 5.74) is 6.38. The maximum atomic E-state index is 11.7. The average molecular weight is 296 g/mol. The molecule has 0 saturated heterocycles. The van der Waals surface area contributed by atoms with Gasteiger partial charge in [-0.15, -0.1) is 12.4 Å². The van der Waals surface area contributed by atoms with Crippen LogP contribution in [0.15, 0.2) is 37.1 Å². The van der Waals surface area contributed by atoms with E-state index in [0.29, 0.717) is 12.1 Å². The third kappa shape index (κ3) is 4.04. The highest BCUT2D eigenvalue weighted by atomic mass is 35.5. The molecule has 2 aromatic rings. The topological polar surface area (TPSA) is 85.8 Å². The second kappa shape index (κ2) is 7.62. The number of pyridine rings is 1. The summed E-state index contributed by atoms with van der Waals surface area (Å²) < 4.78 is 1.79. The number of carbonyl (C=O) groups is 1. The Hall–Kier alpha value is -1.92. The molecule has 2 heterocycles. The van der Waals surface area contributed by atoms with Crippen LogP contribution in [0.5, 0.6) is 0 Å². The fraction of sp³-hybridized carbons (Fsp3) is 0.308. The highest BCUT2D eigenvalue weighted by molar-refractivity contribution is 5.94. The molecule has 6 nitrogen and oxygen atoms in total. The summed E-state index contributed by atoms with van der Waals surface area (Å²) in [6.45, 7) is 1.99.